The molecular weight excluding hydrogens is 344 g/mol. The van der Waals surface area contributed by atoms with Gasteiger partial charge in [-0.2, -0.15) is 0 Å². The van der Waals surface area contributed by atoms with Crippen LogP contribution in [0.25, 0.3) is 0 Å². The summed E-state index contributed by atoms with van der Waals surface area (Å²) in [5, 5.41) is 2.85. The van der Waals surface area contributed by atoms with Crippen LogP contribution in [0.3, 0.4) is 0 Å². The summed E-state index contributed by atoms with van der Waals surface area (Å²) in [5.74, 6) is 1.10. The van der Waals surface area contributed by atoms with E-state index >= 15 is 0 Å². The molecule has 2 rings (SSSR count). The number of nitrogens with zero attached hydrogens (tertiary/aromatic N) is 1. The Morgan fingerprint density at radius 1 is 1.00 bits per heavy atom. The zero-order chi connectivity index (χ0) is 19.6. The molecule has 0 fully saturated rings. The Labute approximate surface area is 160 Å². The van der Waals surface area contributed by atoms with Gasteiger partial charge in [0.05, 0.1) is 13.5 Å². The van der Waals surface area contributed by atoms with Crippen molar-refractivity contribution in [3.63, 3.8) is 0 Å². The number of carbonyl (C=O) groups is 2. The first-order valence-corrected chi connectivity index (χ1v) is 8.99. The van der Waals surface area contributed by atoms with E-state index in [2.05, 4.69) is 5.32 Å². The average molecular weight is 370 g/mol. The lowest BCUT2D eigenvalue weighted by Crippen LogP contribution is -2.34. The summed E-state index contributed by atoms with van der Waals surface area (Å²) >= 11 is 0. The van der Waals surface area contributed by atoms with Crippen molar-refractivity contribution in [2.75, 3.05) is 32.1 Å². The van der Waals surface area contributed by atoms with E-state index in [-0.39, 0.29) is 24.8 Å². The van der Waals surface area contributed by atoms with E-state index in [4.69, 9.17) is 9.47 Å². The van der Waals surface area contributed by atoms with E-state index in [1.807, 2.05) is 38.1 Å². The lowest BCUT2D eigenvalue weighted by molar-refractivity contribution is -0.133. The van der Waals surface area contributed by atoms with Crippen molar-refractivity contribution in [1.29, 1.82) is 0 Å². The summed E-state index contributed by atoms with van der Waals surface area (Å²) in [6.07, 6.45) is 0.259. The smallest absolute Gasteiger partial charge is 0.260 e. The third kappa shape index (κ3) is 6.33. The van der Waals surface area contributed by atoms with Crippen LogP contribution >= 0.6 is 0 Å². The maximum absolute atomic E-state index is 12.2. The molecule has 0 atom stereocenters. The van der Waals surface area contributed by atoms with Crippen molar-refractivity contribution in [2.24, 2.45) is 0 Å². The van der Waals surface area contributed by atoms with Gasteiger partial charge in [0, 0.05) is 24.8 Å². The summed E-state index contributed by atoms with van der Waals surface area (Å²) in [6, 6.07) is 14.4. The number of amides is 2. The standard InChI is InChI=1S/C21H26N2O4/c1-4-23(5-2)21(25)15-27-19-8-6-7-17(14-19)22-20(24)13-16-9-11-18(26-3)12-10-16/h6-12,14H,4-5,13,15H2,1-3H3,(H,22,24). The van der Waals surface area contributed by atoms with Crippen LogP contribution in [0.2, 0.25) is 0 Å². The molecule has 0 aliphatic carbocycles. The van der Waals surface area contributed by atoms with Crippen LogP contribution in [0.1, 0.15) is 19.4 Å². The Morgan fingerprint density at radius 3 is 2.33 bits per heavy atom. The fourth-order valence-electron chi connectivity index (χ4n) is 2.61. The first kappa shape index (κ1) is 20.3. The van der Waals surface area contributed by atoms with E-state index in [9.17, 15) is 9.59 Å². The van der Waals surface area contributed by atoms with Crippen LogP contribution in [0, 0.1) is 0 Å². The molecule has 0 unspecified atom stereocenters. The molecule has 0 radical (unpaired) electrons. The van der Waals surface area contributed by atoms with E-state index in [1.165, 1.54) is 0 Å². The quantitative estimate of drug-likeness (QED) is 0.736. The van der Waals surface area contributed by atoms with E-state index in [1.54, 1.807) is 36.3 Å². The number of ether oxygens (including phenoxy) is 2. The zero-order valence-corrected chi connectivity index (χ0v) is 16.0. The Balaban J connectivity index is 1.90. The molecule has 2 amide bonds. The lowest BCUT2D eigenvalue weighted by atomic mass is 10.1. The average Bonchev–Trinajstić information content (AvgIpc) is 2.68. The molecule has 0 bridgehead atoms. The van der Waals surface area contributed by atoms with Crippen molar-refractivity contribution >= 4 is 17.5 Å². The molecule has 0 saturated heterocycles. The molecule has 2 aromatic carbocycles. The van der Waals surface area contributed by atoms with Gasteiger partial charge < -0.3 is 19.7 Å². The van der Waals surface area contributed by atoms with Crippen molar-refractivity contribution < 1.29 is 19.1 Å². The molecule has 0 aliphatic heterocycles. The maximum Gasteiger partial charge on any atom is 0.260 e. The molecule has 0 saturated carbocycles. The summed E-state index contributed by atoms with van der Waals surface area (Å²) in [4.78, 5) is 26.0. The number of hydrogen-bond acceptors (Lipinski definition) is 4. The number of carbonyl (C=O) groups excluding carboxylic acids is 2. The number of methoxy groups -OCH3 is 1. The van der Waals surface area contributed by atoms with Gasteiger partial charge in [-0.1, -0.05) is 18.2 Å². The predicted molar refractivity (Wildman–Crippen MR) is 105 cm³/mol. The van der Waals surface area contributed by atoms with Gasteiger partial charge in [0.2, 0.25) is 5.91 Å². The molecule has 6 heteroatoms. The molecule has 1 N–H and O–H groups in total. The minimum absolute atomic E-state index is 0.0229. The predicted octanol–water partition coefficient (Wildman–Crippen LogP) is 3.12. The fourth-order valence-corrected chi connectivity index (χ4v) is 2.61. The summed E-state index contributed by atoms with van der Waals surface area (Å²) in [7, 11) is 1.60. The fraction of sp³-hybridized carbons (Fsp3) is 0.333. The molecule has 144 valence electrons. The first-order chi connectivity index (χ1) is 13.0. The zero-order valence-electron chi connectivity index (χ0n) is 16.0. The normalized spacial score (nSPS) is 10.2. The van der Waals surface area contributed by atoms with Gasteiger partial charge in [-0.05, 0) is 43.7 Å². The second-order valence-electron chi connectivity index (χ2n) is 5.96. The number of nitrogens with one attached hydrogen (secondary N) is 1. The van der Waals surface area contributed by atoms with Crippen LogP contribution in [0.5, 0.6) is 11.5 Å². The minimum Gasteiger partial charge on any atom is -0.497 e. The number of anilines is 1. The highest BCUT2D eigenvalue weighted by Gasteiger charge is 2.11. The van der Waals surface area contributed by atoms with E-state index < -0.39 is 0 Å². The maximum atomic E-state index is 12.2. The topological polar surface area (TPSA) is 67.9 Å². The number of likely N-dealkylation sites (N-methyl/N-ethyl adjacent to an activating group) is 1. The molecule has 0 aromatic heterocycles. The van der Waals surface area contributed by atoms with Gasteiger partial charge in [-0.3, -0.25) is 9.59 Å². The monoisotopic (exact) mass is 370 g/mol. The largest absolute Gasteiger partial charge is 0.497 e. The molecule has 0 heterocycles. The SMILES string of the molecule is CCN(CC)C(=O)COc1cccc(NC(=O)Cc2ccc(OC)cc2)c1. The molecular formula is C21H26N2O4. The minimum atomic E-state index is -0.128. The molecule has 0 spiro atoms. The molecule has 6 nitrogen and oxygen atoms in total. The van der Waals surface area contributed by atoms with Crippen molar-refractivity contribution in [1.82, 2.24) is 4.90 Å². The van der Waals surface area contributed by atoms with Crippen LogP contribution in [0.4, 0.5) is 5.69 Å². The second kappa shape index (κ2) is 10.2. The Bertz CT molecular complexity index is 755. The van der Waals surface area contributed by atoms with Crippen LogP contribution < -0.4 is 14.8 Å². The first-order valence-electron chi connectivity index (χ1n) is 8.99. The van der Waals surface area contributed by atoms with Crippen molar-refractivity contribution in [3.05, 3.63) is 54.1 Å². The molecule has 27 heavy (non-hydrogen) atoms. The van der Waals surface area contributed by atoms with E-state index in [0.717, 1.165) is 11.3 Å². The van der Waals surface area contributed by atoms with Gasteiger partial charge in [0.1, 0.15) is 11.5 Å². The van der Waals surface area contributed by atoms with Crippen molar-refractivity contribution in [2.45, 2.75) is 20.3 Å². The van der Waals surface area contributed by atoms with Gasteiger partial charge in [-0.25, -0.2) is 0 Å². The van der Waals surface area contributed by atoms with Crippen molar-refractivity contribution in [3.8, 4) is 11.5 Å². The highest BCUT2D eigenvalue weighted by molar-refractivity contribution is 5.92. The van der Waals surface area contributed by atoms with Crippen LogP contribution in [-0.4, -0.2) is 43.5 Å². The molecule has 2 aromatic rings. The Hall–Kier alpha value is -3.02. The third-order valence-electron chi connectivity index (χ3n) is 4.12. The number of rotatable bonds is 9. The van der Waals surface area contributed by atoms with Crippen LogP contribution in [-0.2, 0) is 16.0 Å². The van der Waals surface area contributed by atoms with Gasteiger partial charge in [0.25, 0.3) is 5.91 Å². The number of hydrogen-bond donors (Lipinski definition) is 1. The molecule has 0 aliphatic rings. The van der Waals surface area contributed by atoms with Gasteiger partial charge in [0.15, 0.2) is 6.61 Å². The lowest BCUT2D eigenvalue weighted by Gasteiger charge is -2.18. The second-order valence-corrected chi connectivity index (χ2v) is 5.96. The number of benzene rings is 2. The highest BCUT2D eigenvalue weighted by atomic mass is 16.5. The Kier molecular flexibility index (Phi) is 7.67. The van der Waals surface area contributed by atoms with Crippen LogP contribution in [0.15, 0.2) is 48.5 Å². The third-order valence-corrected chi connectivity index (χ3v) is 4.12. The summed E-state index contributed by atoms with van der Waals surface area (Å²) in [5.41, 5.74) is 1.52. The Morgan fingerprint density at radius 2 is 1.70 bits per heavy atom. The summed E-state index contributed by atoms with van der Waals surface area (Å²) in [6.45, 7) is 5.14. The summed E-state index contributed by atoms with van der Waals surface area (Å²) < 4.78 is 10.7. The highest BCUT2D eigenvalue weighted by Crippen LogP contribution is 2.18. The van der Waals surface area contributed by atoms with E-state index in [0.29, 0.717) is 24.5 Å². The van der Waals surface area contributed by atoms with Gasteiger partial charge >= 0.3 is 0 Å². The van der Waals surface area contributed by atoms with Gasteiger partial charge in [-0.15, -0.1) is 0 Å².